The minimum Gasteiger partial charge on any atom is -0.367 e. The summed E-state index contributed by atoms with van der Waals surface area (Å²) in [6, 6.07) is 7.84. The molecule has 0 bridgehead atoms. The van der Waals surface area contributed by atoms with Crippen LogP contribution in [-0.2, 0) is 4.57 Å². The van der Waals surface area contributed by atoms with Crippen molar-refractivity contribution in [1.82, 2.24) is 0 Å². The second-order valence-electron chi connectivity index (χ2n) is 3.93. The standard InChI is InChI=1S/C10H16NOPS/c1-11(8-13(2,3)12)9-4-6-10(14)7-5-9/h4-7,14H,8H2,1-3H3. The van der Waals surface area contributed by atoms with E-state index in [1.807, 2.05) is 36.2 Å². The molecule has 0 aliphatic heterocycles. The van der Waals surface area contributed by atoms with Gasteiger partial charge >= 0.3 is 0 Å². The average molecular weight is 229 g/mol. The van der Waals surface area contributed by atoms with E-state index >= 15 is 0 Å². The van der Waals surface area contributed by atoms with E-state index in [-0.39, 0.29) is 0 Å². The first-order valence-corrected chi connectivity index (χ1v) is 7.66. The lowest BCUT2D eigenvalue weighted by molar-refractivity contribution is 0.581. The van der Waals surface area contributed by atoms with E-state index in [4.69, 9.17) is 0 Å². The summed E-state index contributed by atoms with van der Waals surface area (Å²) in [6.45, 7) is 3.60. The Morgan fingerprint density at radius 2 is 1.79 bits per heavy atom. The highest BCUT2D eigenvalue weighted by Gasteiger charge is 2.11. The van der Waals surface area contributed by atoms with Gasteiger partial charge in [-0.1, -0.05) is 0 Å². The minimum absolute atomic E-state index is 0.610. The SMILES string of the molecule is CN(CP(C)(C)=O)c1ccc(S)cc1. The van der Waals surface area contributed by atoms with Crippen molar-refractivity contribution >= 4 is 25.5 Å². The molecule has 0 heterocycles. The van der Waals surface area contributed by atoms with Crippen molar-refractivity contribution < 1.29 is 4.57 Å². The van der Waals surface area contributed by atoms with E-state index in [1.54, 1.807) is 13.3 Å². The van der Waals surface area contributed by atoms with Gasteiger partial charge in [0, 0.05) is 17.6 Å². The van der Waals surface area contributed by atoms with Crippen LogP contribution < -0.4 is 4.90 Å². The molecule has 4 heteroatoms. The number of rotatable bonds is 3. The number of anilines is 1. The van der Waals surface area contributed by atoms with Gasteiger partial charge in [-0.15, -0.1) is 12.6 Å². The largest absolute Gasteiger partial charge is 0.367 e. The van der Waals surface area contributed by atoms with Gasteiger partial charge in [-0.3, -0.25) is 0 Å². The number of nitrogens with zero attached hydrogens (tertiary/aromatic N) is 1. The molecular formula is C10H16NOPS. The van der Waals surface area contributed by atoms with E-state index in [2.05, 4.69) is 12.6 Å². The monoisotopic (exact) mass is 229 g/mol. The maximum absolute atomic E-state index is 11.6. The fourth-order valence-electron chi connectivity index (χ4n) is 1.30. The molecule has 1 rings (SSSR count). The van der Waals surface area contributed by atoms with Gasteiger partial charge in [-0.2, -0.15) is 0 Å². The third-order valence-corrected chi connectivity index (χ3v) is 3.25. The van der Waals surface area contributed by atoms with E-state index < -0.39 is 7.14 Å². The Kier molecular flexibility index (Phi) is 3.68. The van der Waals surface area contributed by atoms with Gasteiger partial charge in [0.15, 0.2) is 0 Å². The van der Waals surface area contributed by atoms with Crippen LogP contribution in [0.1, 0.15) is 0 Å². The molecule has 0 aliphatic carbocycles. The van der Waals surface area contributed by atoms with Crippen molar-refractivity contribution in [2.45, 2.75) is 4.90 Å². The lowest BCUT2D eigenvalue weighted by Crippen LogP contribution is -2.17. The van der Waals surface area contributed by atoms with E-state index in [9.17, 15) is 4.57 Å². The second kappa shape index (κ2) is 4.41. The van der Waals surface area contributed by atoms with Gasteiger partial charge in [0.2, 0.25) is 0 Å². The van der Waals surface area contributed by atoms with Gasteiger partial charge in [-0.05, 0) is 37.6 Å². The van der Waals surface area contributed by atoms with Crippen LogP contribution >= 0.6 is 19.8 Å². The van der Waals surface area contributed by atoms with Crippen molar-refractivity contribution in [1.29, 1.82) is 0 Å². The molecule has 0 N–H and O–H groups in total. The third kappa shape index (κ3) is 3.77. The predicted molar refractivity (Wildman–Crippen MR) is 66.4 cm³/mol. The lowest BCUT2D eigenvalue weighted by atomic mass is 10.3. The van der Waals surface area contributed by atoms with Gasteiger partial charge < -0.3 is 9.46 Å². The molecule has 0 unspecified atom stereocenters. The fraction of sp³-hybridized carbons (Fsp3) is 0.400. The maximum Gasteiger partial charge on any atom is 0.100 e. The third-order valence-electron chi connectivity index (χ3n) is 1.84. The van der Waals surface area contributed by atoms with Crippen molar-refractivity contribution in [2.75, 3.05) is 31.6 Å². The van der Waals surface area contributed by atoms with Crippen molar-refractivity contribution in [3.63, 3.8) is 0 Å². The highest BCUT2D eigenvalue weighted by molar-refractivity contribution is 7.80. The molecule has 0 aromatic heterocycles. The highest BCUT2D eigenvalue weighted by atomic mass is 32.1. The molecule has 0 saturated carbocycles. The van der Waals surface area contributed by atoms with Crippen LogP contribution in [0.15, 0.2) is 29.2 Å². The summed E-state index contributed by atoms with van der Waals surface area (Å²) in [4.78, 5) is 2.95. The van der Waals surface area contributed by atoms with Crippen molar-refractivity contribution in [2.24, 2.45) is 0 Å². The van der Waals surface area contributed by atoms with Crippen LogP contribution in [0.3, 0.4) is 0 Å². The average Bonchev–Trinajstić information content (AvgIpc) is 2.02. The maximum atomic E-state index is 11.6. The first-order chi connectivity index (χ1) is 6.38. The summed E-state index contributed by atoms with van der Waals surface area (Å²) in [5.41, 5.74) is 1.08. The van der Waals surface area contributed by atoms with Gasteiger partial charge in [0.1, 0.15) is 7.14 Å². The molecule has 0 spiro atoms. The molecule has 1 aromatic carbocycles. The molecule has 0 saturated heterocycles. The van der Waals surface area contributed by atoms with Crippen LogP contribution in [-0.4, -0.2) is 26.7 Å². The van der Waals surface area contributed by atoms with Gasteiger partial charge in [0.05, 0.1) is 6.29 Å². The van der Waals surface area contributed by atoms with Crippen LogP contribution in [0.4, 0.5) is 5.69 Å². The first-order valence-electron chi connectivity index (χ1n) is 4.43. The summed E-state index contributed by atoms with van der Waals surface area (Å²) in [6.07, 6.45) is 0.610. The molecule has 0 fully saturated rings. The molecular weight excluding hydrogens is 213 g/mol. The Balaban J connectivity index is 2.75. The summed E-state index contributed by atoms with van der Waals surface area (Å²) in [5, 5.41) is 0. The summed E-state index contributed by atoms with van der Waals surface area (Å²) < 4.78 is 11.6. The molecule has 0 amide bonds. The zero-order chi connectivity index (χ0) is 10.8. The molecule has 2 nitrogen and oxygen atoms in total. The van der Waals surface area contributed by atoms with Crippen LogP contribution in [0, 0.1) is 0 Å². The fourth-order valence-corrected chi connectivity index (χ4v) is 2.63. The summed E-state index contributed by atoms with van der Waals surface area (Å²) >= 11 is 4.21. The van der Waals surface area contributed by atoms with Crippen LogP contribution in [0.5, 0.6) is 0 Å². The molecule has 0 aliphatic rings. The highest BCUT2D eigenvalue weighted by Crippen LogP contribution is 2.37. The number of hydrogen-bond donors (Lipinski definition) is 1. The van der Waals surface area contributed by atoms with Crippen molar-refractivity contribution in [3.8, 4) is 0 Å². The van der Waals surface area contributed by atoms with E-state index in [0.29, 0.717) is 6.29 Å². The zero-order valence-corrected chi connectivity index (χ0v) is 10.6. The Labute approximate surface area is 91.1 Å². The lowest BCUT2D eigenvalue weighted by Gasteiger charge is -2.21. The Bertz CT molecular complexity index is 344. The van der Waals surface area contributed by atoms with E-state index in [0.717, 1.165) is 10.6 Å². The molecule has 1 aromatic rings. The Morgan fingerprint density at radius 1 is 1.29 bits per heavy atom. The summed E-state index contributed by atoms with van der Waals surface area (Å²) in [7, 11) is -0.0408. The molecule has 14 heavy (non-hydrogen) atoms. The van der Waals surface area contributed by atoms with Gasteiger partial charge in [0.25, 0.3) is 0 Å². The number of hydrogen-bond acceptors (Lipinski definition) is 3. The molecule has 0 atom stereocenters. The normalized spacial score (nSPS) is 11.4. The van der Waals surface area contributed by atoms with Crippen LogP contribution in [0.2, 0.25) is 0 Å². The topological polar surface area (TPSA) is 20.3 Å². The zero-order valence-electron chi connectivity index (χ0n) is 8.77. The minimum atomic E-state index is -1.99. The number of thiol groups is 1. The van der Waals surface area contributed by atoms with Crippen LogP contribution in [0.25, 0.3) is 0 Å². The quantitative estimate of drug-likeness (QED) is 0.635. The summed E-state index contributed by atoms with van der Waals surface area (Å²) in [5.74, 6) is 0. The molecule has 0 radical (unpaired) electrons. The Morgan fingerprint density at radius 3 is 2.21 bits per heavy atom. The van der Waals surface area contributed by atoms with Crippen molar-refractivity contribution in [3.05, 3.63) is 24.3 Å². The number of benzene rings is 1. The predicted octanol–water partition coefficient (Wildman–Crippen LogP) is 2.99. The Hall–Kier alpha value is -0.400. The van der Waals surface area contributed by atoms with Gasteiger partial charge in [-0.25, -0.2) is 0 Å². The van der Waals surface area contributed by atoms with E-state index in [1.165, 1.54) is 0 Å². The smallest absolute Gasteiger partial charge is 0.100 e. The first kappa shape index (κ1) is 11.7. The second-order valence-corrected chi connectivity index (χ2v) is 7.88. The molecule has 78 valence electrons.